The van der Waals surface area contributed by atoms with Gasteiger partial charge in [-0.25, -0.2) is 13.6 Å². The minimum absolute atomic E-state index is 0.107. The van der Waals surface area contributed by atoms with Crippen LogP contribution in [0.3, 0.4) is 0 Å². The van der Waals surface area contributed by atoms with Crippen LogP contribution in [0, 0.1) is 17.7 Å². The number of anilines is 1. The van der Waals surface area contributed by atoms with Crippen LogP contribution in [0.15, 0.2) is 17.1 Å². The Morgan fingerprint density at radius 1 is 1.43 bits per heavy atom. The van der Waals surface area contributed by atoms with Gasteiger partial charge in [-0.15, -0.1) is 0 Å². The normalized spacial score (nSPS) is 32.1. The third-order valence-electron chi connectivity index (χ3n) is 7.02. The number of carbonyl (C=O) groups is 1. The molecular weight excluding hydrogens is 396 g/mol. The average molecular weight is 419 g/mol. The van der Waals surface area contributed by atoms with E-state index in [1.807, 2.05) is 4.90 Å². The summed E-state index contributed by atoms with van der Waals surface area (Å²) in [7, 11) is 1.36. The molecule has 1 aromatic carbocycles. The first-order chi connectivity index (χ1) is 14.2. The lowest BCUT2D eigenvalue weighted by molar-refractivity contribution is 0.0694. The number of pyridine rings is 1. The van der Waals surface area contributed by atoms with Gasteiger partial charge in [0.2, 0.25) is 5.43 Å². The van der Waals surface area contributed by atoms with E-state index in [-0.39, 0.29) is 40.2 Å². The number of rotatable bonds is 4. The lowest BCUT2D eigenvalue weighted by Gasteiger charge is -2.46. The molecule has 30 heavy (non-hydrogen) atoms. The number of halogens is 2. The molecule has 7 nitrogen and oxygen atoms in total. The quantitative estimate of drug-likeness (QED) is 0.789. The first kappa shape index (κ1) is 19.3. The maximum Gasteiger partial charge on any atom is 0.341 e. The Bertz CT molecular complexity index is 1150. The molecule has 0 amide bonds. The maximum atomic E-state index is 15.3. The summed E-state index contributed by atoms with van der Waals surface area (Å²) in [5, 5.41) is 9.27. The molecular formula is C21H23F2N3O4. The predicted octanol–water partition coefficient (Wildman–Crippen LogP) is 2.30. The molecule has 0 spiro atoms. The smallest absolute Gasteiger partial charge is 0.341 e. The van der Waals surface area contributed by atoms with Crippen LogP contribution in [0.25, 0.3) is 10.9 Å². The second-order valence-electron chi connectivity index (χ2n) is 8.94. The van der Waals surface area contributed by atoms with Crippen molar-refractivity contribution in [2.75, 3.05) is 25.1 Å². The average Bonchev–Trinajstić information content (AvgIpc) is 3.33. The number of alkyl halides is 1. The summed E-state index contributed by atoms with van der Waals surface area (Å²) in [4.78, 5) is 26.1. The molecule has 4 unspecified atom stereocenters. The SMILES string of the molecule is COc1c(N2CC3C(C)C[C@@]3(N)C2)c(F)cc2c(=O)c(C(=O)O)cn(C3CC3F)c12. The highest BCUT2D eigenvalue weighted by Crippen LogP contribution is 2.51. The van der Waals surface area contributed by atoms with Crippen LogP contribution in [-0.4, -0.2) is 47.6 Å². The van der Waals surface area contributed by atoms with Crippen molar-refractivity contribution in [1.29, 1.82) is 0 Å². The summed E-state index contributed by atoms with van der Waals surface area (Å²) in [5.41, 5.74) is 5.15. The predicted molar refractivity (Wildman–Crippen MR) is 107 cm³/mol. The van der Waals surface area contributed by atoms with Gasteiger partial charge in [0.25, 0.3) is 0 Å². The fraction of sp³-hybridized carbons (Fsp3) is 0.524. The summed E-state index contributed by atoms with van der Waals surface area (Å²) in [5.74, 6) is -1.35. The molecule has 2 heterocycles. The summed E-state index contributed by atoms with van der Waals surface area (Å²) in [6, 6.07) is 0.426. The van der Waals surface area contributed by atoms with Crippen LogP contribution in [0.1, 0.15) is 36.2 Å². The van der Waals surface area contributed by atoms with E-state index >= 15 is 4.39 Å². The zero-order valence-corrected chi connectivity index (χ0v) is 16.7. The van der Waals surface area contributed by atoms with Gasteiger partial charge in [0, 0.05) is 31.2 Å². The topological polar surface area (TPSA) is 97.8 Å². The summed E-state index contributed by atoms with van der Waals surface area (Å²) >= 11 is 0. The van der Waals surface area contributed by atoms with Crippen LogP contribution < -0.4 is 20.8 Å². The highest BCUT2D eigenvalue weighted by molar-refractivity contribution is 5.97. The zero-order chi connectivity index (χ0) is 21.5. The van der Waals surface area contributed by atoms with Gasteiger partial charge in [0.1, 0.15) is 17.4 Å². The van der Waals surface area contributed by atoms with Crippen molar-refractivity contribution in [1.82, 2.24) is 4.57 Å². The number of nitrogens with zero attached hydrogens (tertiary/aromatic N) is 2. The molecule has 2 aliphatic carbocycles. The molecule has 1 aliphatic heterocycles. The summed E-state index contributed by atoms with van der Waals surface area (Å²) in [6.45, 7) is 3.13. The van der Waals surface area contributed by atoms with Gasteiger partial charge in [-0.1, -0.05) is 6.92 Å². The highest BCUT2D eigenvalue weighted by Gasteiger charge is 2.55. The van der Waals surface area contributed by atoms with Crippen LogP contribution >= 0.6 is 0 Å². The number of ether oxygens (including phenoxy) is 1. The van der Waals surface area contributed by atoms with Gasteiger partial charge in [-0.3, -0.25) is 4.79 Å². The van der Waals surface area contributed by atoms with Crippen molar-refractivity contribution >= 4 is 22.6 Å². The number of methoxy groups -OCH3 is 1. The van der Waals surface area contributed by atoms with E-state index in [0.29, 0.717) is 19.0 Å². The summed E-state index contributed by atoms with van der Waals surface area (Å²) in [6.07, 6.45) is 1.03. The number of aromatic nitrogens is 1. The first-order valence-electron chi connectivity index (χ1n) is 10.0. The van der Waals surface area contributed by atoms with E-state index in [0.717, 1.165) is 18.7 Å². The van der Waals surface area contributed by atoms with Gasteiger partial charge in [0.05, 0.1) is 24.1 Å². The standard InChI is InChI=1S/C21H23F2N3O4/c1-9-5-21(24)8-25(7-12(9)21)17-14(23)3-10-16(19(17)30-2)26(15-4-13(15)22)6-11(18(10)27)20(28)29/h3,6,9,12-13,15H,4-5,7-8,24H2,1-2H3,(H,28,29)/t9?,12?,13?,15?,21-/m1/s1. The molecule has 5 atom stereocenters. The molecule has 1 saturated heterocycles. The molecule has 3 aliphatic rings. The Hall–Kier alpha value is -2.68. The molecule has 5 rings (SSSR count). The van der Waals surface area contributed by atoms with Crippen molar-refractivity contribution in [2.24, 2.45) is 17.6 Å². The lowest BCUT2D eigenvalue weighted by Crippen LogP contribution is -2.59. The van der Waals surface area contributed by atoms with Gasteiger partial charge in [-0.05, 0) is 24.3 Å². The molecule has 160 valence electrons. The molecule has 1 aromatic heterocycles. The van der Waals surface area contributed by atoms with Gasteiger partial charge in [-0.2, -0.15) is 0 Å². The second kappa shape index (κ2) is 6.16. The fourth-order valence-corrected chi connectivity index (χ4v) is 5.46. The van der Waals surface area contributed by atoms with E-state index in [9.17, 15) is 19.1 Å². The Labute approximate surface area is 171 Å². The second-order valence-corrected chi connectivity index (χ2v) is 8.94. The molecule has 3 N–H and O–H groups in total. The third-order valence-corrected chi connectivity index (χ3v) is 7.02. The lowest BCUT2D eigenvalue weighted by atomic mass is 9.62. The van der Waals surface area contributed by atoms with Crippen molar-refractivity contribution < 1.29 is 23.4 Å². The van der Waals surface area contributed by atoms with Gasteiger partial charge < -0.3 is 25.0 Å². The highest BCUT2D eigenvalue weighted by atomic mass is 19.1. The van der Waals surface area contributed by atoms with Crippen LogP contribution in [0.2, 0.25) is 0 Å². The van der Waals surface area contributed by atoms with E-state index in [1.54, 1.807) is 0 Å². The zero-order valence-electron chi connectivity index (χ0n) is 16.7. The van der Waals surface area contributed by atoms with E-state index < -0.39 is 35.0 Å². The van der Waals surface area contributed by atoms with Gasteiger partial charge >= 0.3 is 5.97 Å². The Morgan fingerprint density at radius 2 is 2.13 bits per heavy atom. The Morgan fingerprint density at radius 3 is 2.67 bits per heavy atom. The minimum atomic E-state index is -1.44. The molecule has 2 aromatic rings. The monoisotopic (exact) mass is 419 g/mol. The number of fused-ring (bicyclic) bond motifs is 2. The number of hydrogen-bond donors (Lipinski definition) is 2. The number of aromatic carboxylic acids is 1. The number of carboxylic acids is 1. The molecule has 9 heteroatoms. The van der Waals surface area contributed by atoms with Crippen LogP contribution in [0.4, 0.5) is 14.5 Å². The van der Waals surface area contributed by atoms with Gasteiger partial charge in [0.15, 0.2) is 11.6 Å². The first-order valence-corrected chi connectivity index (χ1v) is 10.0. The fourth-order valence-electron chi connectivity index (χ4n) is 5.46. The van der Waals surface area contributed by atoms with Crippen molar-refractivity contribution in [3.8, 4) is 5.75 Å². The van der Waals surface area contributed by atoms with Crippen LogP contribution in [0.5, 0.6) is 5.75 Å². The van der Waals surface area contributed by atoms with E-state index in [1.165, 1.54) is 11.7 Å². The number of carboxylic acid groups (broad SMARTS) is 1. The molecule has 0 bridgehead atoms. The Kier molecular flexibility index (Phi) is 3.96. The van der Waals surface area contributed by atoms with Crippen molar-refractivity contribution in [3.63, 3.8) is 0 Å². The maximum absolute atomic E-state index is 15.3. The van der Waals surface area contributed by atoms with E-state index in [4.69, 9.17) is 10.5 Å². The largest absolute Gasteiger partial charge is 0.492 e. The number of hydrogen-bond acceptors (Lipinski definition) is 5. The summed E-state index contributed by atoms with van der Waals surface area (Å²) < 4.78 is 36.3. The number of benzene rings is 1. The minimum Gasteiger partial charge on any atom is -0.492 e. The Balaban J connectivity index is 1.76. The van der Waals surface area contributed by atoms with Crippen molar-refractivity contribution in [3.05, 3.63) is 33.9 Å². The van der Waals surface area contributed by atoms with E-state index in [2.05, 4.69) is 6.92 Å². The molecule has 3 fully saturated rings. The number of nitrogens with two attached hydrogens (primary N) is 1. The molecule has 2 saturated carbocycles. The molecule has 0 radical (unpaired) electrons. The van der Waals surface area contributed by atoms with Crippen molar-refractivity contribution in [2.45, 2.75) is 37.5 Å². The van der Waals surface area contributed by atoms with Crippen LogP contribution in [-0.2, 0) is 0 Å². The third kappa shape index (κ3) is 2.50.